The van der Waals surface area contributed by atoms with Crippen LogP contribution in [-0.2, 0) is 12.8 Å². The van der Waals surface area contributed by atoms with E-state index in [2.05, 4.69) is 23.3 Å². The molecule has 0 fully saturated rings. The van der Waals surface area contributed by atoms with Crippen LogP contribution in [0.15, 0.2) is 42.7 Å². The summed E-state index contributed by atoms with van der Waals surface area (Å²) in [7, 11) is 0. The first-order valence-electron chi connectivity index (χ1n) is 6.75. The van der Waals surface area contributed by atoms with E-state index in [-0.39, 0.29) is 0 Å². The Kier molecular flexibility index (Phi) is 5.84. The normalized spacial score (nSPS) is 12.3. The number of hydrogen-bond donors (Lipinski definition) is 1. The summed E-state index contributed by atoms with van der Waals surface area (Å²) in [5.74, 6) is 0. The van der Waals surface area contributed by atoms with Gasteiger partial charge in [-0.2, -0.15) is 0 Å². The molecule has 0 saturated heterocycles. The maximum absolute atomic E-state index is 6.19. The van der Waals surface area contributed by atoms with Crippen LogP contribution in [0.25, 0.3) is 0 Å². The Morgan fingerprint density at radius 3 is 2.75 bits per heavy atom. The van der Waals surface area contributed by atoms with Crippen LogP contribution >= 0.6 is 23.2 Å². The topological polar surface area (TPSA) is 24.9 Å². The Bertz CT molecular complexity index is 558. The van der Waals surface area contributed by atoms with Crippen molar-refractivity contribution in [3.8, 4) is 0 Å². The fourth-order valence-corrected chi connectivity index (χ4v) is 2.70. The Balaban J connectivity index is 2.09. The molecule has 2 aromatic rings. The largest absolute Gasteiger partial charge is 0.314 e. The molecule has 4 heteroatoms. The summed E-state index contributed by atoms with van der Waals surface area (Å²) >= 11 is 12.2. The molecule has 0 saturated carbocycles. The van der Waals surface area contributed by atoms with Crippen LogP contribution in [0.4, 0.5) is 0 Å². The van der Waals surface area contributed by atoms with Crippen molar-refractivity contribution in [2.45, 2.75) is 25.8 Å². The first kappa shape index (κ1) is 15.3. The molecule has 1 aromatic heterocycles. The van der Waals surface area contributed by atoms with Gasteiger partial charge in [0.1, 0.15) is 0 Å². The number of halogens is 2. The molecular formula is C16H18Cl2N2. The van der Waals surface area contributed by atoms with Crippen LogP contribution in [0.1, 0.15) is 18.1 Å². The van der Waals surface area contributed by atoms with E-state index in [1.165, 1.54) is 5.56 Å². The van der Waals surface area contributed by atoms with Crippen molar-refractivity contribution >= 4 is 23.2 Å². The zero-order valence-corrected chi connectivity index (χ0v) is 13.0. The first-order valence-corrected chi connectivity index (χ1v) is 7.51. The van der Waals surface area contributed by atoms with Crippen molar-refractivity contribution in [3.05, 3.63) is 63.9 Å². The molecule has 2 rings (SSSR count). The highest BCUT2D eigenvalue weighted by atomic mass is 35.5. The van der Waals surface area contributed by atoms with Gasteiger partial charge in [-0.05, 0) is 48.7 Å². The van der Waals surface area contributed by atoms with Crippen LogP contribution in [0.2, 0.25) is 10.0 Å². The standard InChI is InChI=1S/C16H18Cl2N2/c1-2-20-15(9-12-4-3-5-14(17)8-12)10-13-6-7-19-11-16(13)18/h3-8,11,15,20H,2,9-10H2,1H3. The number of nitrogens with one attached hydrogen (secondary N) is 1. The second-order valence-corrected chi connectivity index (χ2v) is 5.60. The highest BCUT2D eigenvalue weighted by Crippen LogP contribution is 2.18. The molecule has 1 atom stereocenters. The zero-order valence-electron chi connectivity index (χ0n) is 11.4. The Labute approximate surface area is 130 Å². The molecule has 0 spiro atoms. The molecule has 0 amide bonds. The van der Waals surface area contributed by atoms with E-state index >= 15 is 0 Å². The van der Waals surface area contributed by atoms with Crippen LogP contribution in [0.5, 0.6) is 0 Å². The smallest absolute Gasteiger partial charge is 0.0621 e. The van der Waals surface area contributed by atoms with Gasteiger partial charge in [0.2, 0.25) is 0 Å². The highest BCUT2D eigenvalue weighted by molar-refractivity contribution is 6.31. The van der Waals surface area contributed by atoms with Gasteiger partial charge in [-0.1, -0.05) is 42.3 Å². The van der Waals surface area contributed by atoms with Crippen molar-refractivity contribution in [2.24, 2.45) is 0 Å². The Morgan fingerprint density at radius 2 is 2.05 bits per heavy atom. The summed E-state index contributed by atoms with van der Waals surface area (Å²) < 4.78 is 0. The Hall–Kier alpha value is -1.09. The predicted octanol–water partition coefficient (Wildman–Crippen LogP) is 4.15. The number of aromatic nitrogens is 1. The van der Waals surface area contributed by atoms with Gasteiger partial charge in [0, 0.05) is 23.5 Å². The summed E-state index contributed by atoms with van der Waals surface area (Å²) in [6.45, 7) is 3.03. The fraction of sp³-hybridized carbons (Fsp3) is 0.312. The van der Waals surface area contributed by atoms with Crippen molar-refractivity contribution in [2.75, 3.05) is 6.54 Å². The number of pyridine rings is 1. The fourth-order valence-electron chi connectivity index (χ4n) is 2.29. The molecule has 1 heterocycles. The lowest BCUT2D eigenvalue weighted by molar-refractivity contribution is 0.521. The summed E-state index contributed by atoms with van der Waals surface area (Å²) in [6.07, 6.45) is 5.28. The van der Waals surface area contributed by atoms with Crippen molar-refractivity contribution in [1.82, 2.24) is 10.3 Å². The van der Waals surface area contributed by atoms with Gasteiger partial charge >= 0.3 is 0 Å². The maximum atomic E-state index is 6.19. The van der Waals surface area contributed by atoms with Gasteiger partial charge in [0.15, 0.2) is 0 Å². The second kappa shape index (κ2) is 7.63. The van der Waals surface area contributed by atoms with E-state index in [9.17, 15) is 0 Å². The van der Waals surface area contributed by atoms with E-state index in [1.807, 2.05) is 24.3 Å². The summed E-state index contributed by atoms with van der Waals surface area (Å²) in [5, 5.41) is 5.01. The van der Waals surface area contributed by atoms with Crippen molar-refractivity contribution in [1.29, 1.82) is 0 Å². The number of hydrogen-bond acceptors (Lipinski definition) is 2. The molecule has 1 N–H and O–H groups in total. The van der Waals surface area contributed by atoms with E-state index < -0.39 is 0 Å². The predicted molar refractivity (Wildman–Crippen MR) is 85.6 cm³/mol. The van der Waals surface area contributed by atoms with Crippen LogP contribution in [-0.4, -0.2) is 17.6 Å². The maximum Gasteiger partial charge on any atom is 0.0621 e. The lowest BCUT2D eigenvalue weighted by atomic mass is 9.99. The summed E-state index contributed by atoms with van der Waals surface area (Å²) in [6, 6.07) is 10.3. The average molecular weight is 309 g/mol. The third-order valence-corrected chi connectivity index (χ3v) is 3.76. The number of rotatable bonds is 6. The van der Waals surface area contributed by atoms with Gasteiger partial charge < -0.3 is 5.32 Å². The molecule has 0 aliphatic heterocycles. The van der Waals surface area contributed by atoms with E-state index in [0.29, 0.717) is 6.04 Å². The second-order valence-electron chi connectivity index (χ2n) is 4.76. The number of nitrogens with zero attached hydrogens (tertiary/aromatic N) is 1. The summed E-state index contributed by atoms with van der Waals surface area (Å²) in [4.78, 5) is 4.02. The van der Waals surface area contributed by atoms with Crippen LogP contribution < -0.4 is 5.32 Å². The van der Waals surface area contributed by atoms with Crippen LogP contribution in [0.3, 0.4) is 0 Å². The van der Waals surface area contributed by atoms with E-state index in [4.69, 9.17) is 23.2 Å². The third-order valence-electron chi connectivity index (χ3n) is 3.19. The van der Waals surface area contributed by atoms with Gasteiger partial charge in [-0.15, -0.1) is 0 Å². The molecular weight excluding hydrogens is 291 g/mol. The van der Waals surface area contributed by atoms with Crippen molar-refractivity contribution in [3.63, 3.8) is 0 Å². The minimum absolute atomic E-state index is 0.332. The highest BCUT2D eigenvalue weighted by Gasteiger charge is 2.12. The lowest BCUT2D eigenvalue weighted by Gasteiger charge is -2.19. The third kappa shape index (κ3) is 4.48. The molecule has 0 aliphatic rings. The van der Waals surface area contributed by atoms with Gasteiger partial charge in [-0.3, -0.25) is 4.98 Å². The van der Waals surface area contributed by atoms with Gasteiger partial charge in [-0.25, -0.2) is 0 Å². The monoisotopic (exact) mass is 308 g/mol. The lowest BCUT2D eigenvalue weighted by Crippen LogP contribution is -2.33. The Morgan fingerprint density at radius 1 is 1.20 bits per heavy atom. The van der Waals surface area contributed by atoms with E-state index in [0.717, 1.165) is 35.0 Å². The SMILES string of the molecule is CCNC(Cc1cccc(Cl)c1)Cc1ccncc1Cl. The number of benzene rings is 1. The zero-order chi connectivity index (χ0) is 14.4. The van der Waals surface area contributed by atoms with Crippen molar-refractivity contribution < 1.29 is 0 Å². The minimum atomic E-state index is 0.332. The average Bonchev–Trinajstić information content (AvgIpc) is 2.42. The molecule has 1 unspecified atom stereocenters. The molecule has 20 heavy (non-hydrogen) atoms. The molecule has 106 valence electrons. The summed E-state index contributed by atoms with van der Waals surface area (Å²) in [5.41, 5.74) is 2.35. The molecule has 0 aliphatic carbocycles. The van der Waals surface area contributed by atoms with Gasteiger partial charge in [0.25, 0.3) is 0 Å². The van der Waals surface area contributed by atoms with Crippen LogP contribution in [0, 0.1) is 0 Å². The van der Waals surface area contributed by atoms with Gasteiger partial charge in [0.05, 0.1) is 5.02 Å². The number of likely N-dealkylation sites (N-methyl/N-ethyl adjacent to an activating group) is 1. The molecule has 2 nitrogen and oxygen atoms in total. The minimum Gasteiger partial charge on any atom is -0.314 e. The first-order chi connectivity index (χ1) is 9.69. The molecule has 0 bridgehead atoms. The quantitative estimate of drug-likeness (QED) is 0.867. The molecule has 1 aromatic carbocycles. The molecule has 0 radical (unpaired) electrons. The van der Waals surface area contributed by atoms with E-state index in [1.54, 1.807) is 12.4 Å².